The maximum atomic E-state index is 12.2. The van der Waals surface area contributed by atoms with Gasteiger partial charge in [0, 0.05) is 11.1 Å². The number of amides is 2. The molecule has 5 nitrogen and oxygen atoms in total. The van der Waals surface area contributed by atoms with Crippen LogP contribution in [0, 0.1) is 11.3 Å². The van der Waals surface area contributed by atoms with Crippen molar-refractivity contribution in [1.29, 1.82) is 5.26 Å². The third-order valence-electron chi connectivity index (χ3n) is 3.09. The molecule has 0 saturated heterocycles. The molecule has 0 heterocycles. The maximum Gasteiger partial charge on any atom is 0.252 e. The number of carbonyl (C=O) groups excluding carboxylic acids is 2. The van der Waals surface area contributed by atoms with Gasteiger partial charge in [0.1, 0.15) is 6.04 Å². The number of nitrogens with one attached hydrogen (secondary N) is 1. The zero-order valence-electron chi connectivity index (χ0n) is 11.7. The Labute approximate surface area is 142 Å². The van der Waals surface area contributed by atoms with Crippen LogP contribution in [0.15, 0.2) is 42.5 Å². The fraction of sp³-hybridized carbons (Fsp3) is 0.0625. The molecule has 0 bridgehead atoms. The number of nitriles is 1. The lowest BCUT2D eigenvalue weighted by molar-refractivity contribution is 0.0945. The van der Waals surface area contributed by atoms with Gasteiger partial charge in [-0.3, -0.25) is 9.59 Å². The lowest BCUT2D eigenvalue weighted by atomic mass is 10.1. The second-order valence-corrected chi connectivity index (χ2v) is 5.47. The van der Waals surface area contributed by atoms with Gasteiger partial charge in [-0.1, -0.05) is 35.3 Å². The summed E-state index contributed by atoms with van der Waals surface area (Å²) in [6.45, 7) is 0. The summed E-state index contributed by atoms with van der Waals surface area (Å²) >= 11 is 11.7. The normalized spacial score (nSPS) is 11.3. The Hall–Kier alpha value is -2.55. The Balaban J connectivity index is 2.23. The Morgan fingerprint density at radius 1 is 1.09 bits per heavy atom. The Kier molecular flexibility index (Phi) is 5.22. The van der Waals surface area contributed by atoms with E-state index in [0.717, 1.165) is 0 Å². The molecule has 0 aliphatic carbocycles. The first-order chi connectivity index (χ1) is 10.9. The van der Waals surface area contributed by atoms with E-state index in [1.165, 1.54) is 30.3 Å². The highest BCUT2D eigenvalue weighted by molar-refractivity contribution is 6.42. The summed E-state index contributed by atoms with van der Waals surface area (Å²) in [6.07, 6.45) is 0. The van der Waals surface area contributed by atoms with Crippen molar-refractivity contribution in [3.63, 3.8) is 0 Å². The first kappa shape index (κ1) is 16.8. The Bertz CT molecular complexity index is 815. The van der Waals surface area contributed by atoms with E-state index < -0.39 is 17.9 Å². The molecule has 0 unspecified atom stereocenters. The monoisotopic (exact) mass is 347 g/mol. The van der Waals surface area contributed by atoms with Gasteiger partial charge < -0.3 is 11.1 Å². The predicted molar refractivity (Wildman–Crippen MR) is 87.2 cm³/mol. The zero-order valence-corrected chi connectivity index (χ0v) is 13.2. The molecule has 7 heteroatoms. The number of rotatable bonds is 4. The van der Waals surface area contributed by atoms with Crippen LogP contribution in [0.25, 0.3) is 0 Å². The van der Waals surface area contributed by atoms with E-state index in [9.17, 15) is 14.9 Å². The van der Waals surface area contributed by atoms with Crippen LogP contribution in [0.5, 0.6) is 0 Å². The average molecular weight is 348 g/mol. The summed E-state index contributed by atoms with van der Waals surface area (Å²) in [5, 5.41) is 12.5. The molecule has 23 heavy (non-hydrogen) atoms. The summed E-state index contributed by atoms with van der Waals surface area (Å²) in [5.41, 5.74) is 6.12. The number of carbonyl (C=O) groups is 2. The van der Waals surface area contributed by atoms with Gasteiger partial charge in [-0.15, -0.1) is 0 Å². The molecule has 0 saturated carbocycles. The van der Waals surface area contributed by atoms with Crippen molar-refractivity contribution in [2.75, 3.05) is 0 Å². The number of hydrogen-bond acceptors (Lipinski definition) is 3. The quantitative estimate of drug-likeness (QED) is 0.889. The zero-order chi connectivity index (χ0) is 17.0. The fourth-order valence-corrected chi connectivity index (χ4v) is 2.22. The van der Waals surface area contributed by atoms with Crippen molar-refractivity contribution in [1.82, 2.24) is 5.32 Å². The average Bonchev–Trinajstić information content (AvgIpc) is 2.55. The van der Waals surface area contributed by atoms with Crippen LogP contribution in [-0.2, 0) is 0 Å². The molecule has 1 atom stereocenters. The topological polar surface area (TPSA) is 96.0 Å². The molecule has 0 aromatic heterocycles. The molecule has 2 rings (SSSR count). The van der Waals surface area contributed by atoms with E-state index in [1.54, 1.807) is 12.1 Å². The van der Waals surface area contributed by atoms with Crippen LogP contribution in [0.3, 0.4) is 0 Å². The van der Waals surface area contributed by atoms with Crippen molar-refractivity contribution in [2.24, 2.45) is 5.73 Å². The van der Waals surface area contributed by atoms with Crippen molar-refractivity contribution in [3.05, 3.63) is 69.2 Å². The molecule has 2 aromatic carbocycles. The van der Waals surface area contributed by atoms with Crippen molar-refractivity contribution < 1.29 is 9.59 Å². The van der Waals surface area contributed by atoms with Crippen molar-refractivity contribution >= 4 is 35.0 Å². The summed E-state index contributed by atoms with van der Waals surface area (Å²) < 4.78 is 0. The van der Waals surface area contributed by atoms with Crippen molar-refractivity contribution in [3.8, 4) is 6.07 Å². The van der Waals surface area contributed by atoms with Gasteiger partial charge in [0.2, 0.25) is 5.91 Å². The highest BCUT2D eigenvalue weighted by Crippen LogP contribution is 2.25. The minimum Gasteiger partial charge on any atom is -0.366 e. The van der Waals surface area contributed by atoms with Gasteiger partial charge in [-0.2, -0.15) is 5.26 Å². The minimum atomic E-state index is -0.908. The third kappa shape index (κ3) is 4.01. The molecule has 0 radical (unpaired) electrons. The molecule has 0 spiro atoms. The predicted octanol–water partition coefficient (Wildman–Crippen LogP) is 3.09. The fourth-order valence-electron chi connectivity index (χ4n) is 1.91. The number of nitrogens with zero attached hydrogens (tertiary/aromatic N) is 1. The molecule has 0 aliphatic heterocycles. The smallest absolute Gasteiger partial charge is 0.252 e. The Morgan fingerprint density at radius 3 is 2.39 bits per heavy atom. The van der Waals surface area contributed by atoms with Gasteiger partial charge in [0.25, 0.3) is 5.91 Å². The molecule has 2 amide bonds. The molecule has 116 valence electrons. The molecule has 0 fully saturated rings. The summed E-state index contributed by atoms with van der Waals surface area (Å²) in [5.74, 6) is -1.15. The van der Waals surface area contributed by atoms with E-state index >= 15 is 0 Å². The lowest BCUT2D eigenvalue weighted by Crippen LogP contribution is -2.28. The van der Waals surface area contributed by atoms with E-state index in [4.69, 9.17) is 28.9 Å². The maximum absolute atomic E-state index is 12.2. The van der Waals surface area contributed by atoms with Gasteiger partial charge in [-0.25, -0.2) is 0 Å². The highest BCUT2D eigenvalue weighted by atomic mass is 35.5. The molecule has 2 aromatic rings. The first-order valence-corrected chi connectivity index (χ1v) is 7.23. The lowest BCUT2D eigenvalue weighted by Gasteiger charge is -2.13. The van der Waals surface area contributed by atoms with E-state index in [0.29, 0.717) is 10.6 Å². The molecule has 0 aliphatic rings. The molecule has 3 N–H and O–H groups in total. The van der Waals surface area contributed by atoms with Crippen LogP contribution in [-0.4, -0.2) is 11.8 Å². The van der Waals surface area contributed by atoms with Gasteiger partial charge >= 0.3 is 0 Å². The van der Waals surface area contributed by atoms with Gasteiger partial charge in [-0.05, 0) is 35.9 Å². The number of benzene rings is 2. The SMILES string of the molecule is N#C[C@@H](NC(=O)c1cccc(C(N)=O)c1)c1ccc(Cl)c(Cl)c1. The summed E-state index contributed by atoms with van der Waals surface area (Å²) in [6, 6.07) is 11.6. The van der Waals surface area contributed by atoms with Gasteiger partial charge in [0.05, 0.1) is 16.1 Å². The van der Waals surface area contributed by atoms with Crippen LogP contribution < -0.4 is 11.1 Å². The number of halogens is 2. The van der Waals surface area contributed by atoms with Crippen LogP contribution >= 0.6 is 23.2 Å². The van der Waals surface area contributed by atoms with E-state index in [-0.39, 0.29) is 16.1 Å². The van der Waals surface area contributed by atoms with Crippen LogP contribution in [0.4, 0.5) is 0 Å². The molecular weight excluding hydrogens is 337 g/mol. The van der Waals surface area contributed by atoms with Gasteiger partial charge in [0.15, 0.2) is 0 Å². The van der Waals surface area contributed by atoms with Crippen LogP contribution in [0.1, 0.15) is 32.3 Å². The summed E-state index contributed by atoms with van der Waals surface area (Å²) in [7, 11) is 0. The van der Waals surface area contributed by atoms with Crippen LogP contribution in [0.2, 0.25) is 10.0 Å². The second-order valence-electron chi connectivity index (χ2n) is 4.65. The minimum absolute atomic E-state index is 0.209. The first-order valence-electron chi connectivity index (χ1n) is 6.47. The highest BCUT2D eigenvalue weighted by Gasteiger charge is 2.17. The van der Waals surface area contributed by atoms with E-state index in [2.05, 4.69) is 5.32 Å². The Morgan fingerprint density at radius 2 is 1.78 bits per heavy atom. The van der Waals surface area contributed by atoms with Crippen molar-refractivity contribution in [2.45, 2.75) is 6.04 Å². The number of nitrogens with two attached hydrogens (primary N) is 1. The number of primary amides is 1. The van der Waals surface area contributed by atoms with E-state index in [1.807, 2.05) is 6.07 Å². The third-order valence-corrected chi connectivity index (χ3v) is 3.83. The second kappa shape index (κ2) is 7.14. The summed E-state index contributed by atoms with van der Waals surface area (Å²) in [4.78, 5) is 23.4. The number of hydrogen-bond donors (Lipinski definition) is 2. The largest absolute Gasteiger partial charge is 0.366 e. The molecular formula is C16H11Cl2N3O2. The standard InChI is InChI=1S/C16H11Cl2N3O2/c17-12-5-4-9(7-13(12)18)14(8-19)21-16(23)11-3-1-2-10(6-11)15(20)22/h1-7,14H,(H2,20,22)(H,21,23)/t14-/m1/s1.